The SMILES string of the molecule is COc1ccc2[nH]cc(C3CCN(Cc4cccc([N+](=O)[O-])c4C)CC3)c2c1. The fraction of sp³-hybridized carbons (Fsp3) is 0.364. The smallest absolute Gasteiger partial charge is 0.272 e. The van der Waals surface area contributed by atoms with E-state index in [1.54, 1.807) is 19.2 Å². The number of nitrogens with zero attached hydrogens (tertiary/aromatic N) is 2. The number of nitro benzene ring substituents is 1. The van der Waals surface area contributed by atoms with Gasteiger partial charge in [-0.3, -0.25) is 15.0 Å². The number of H-pyrrole nitrogens is 1. The first-order chi connectivity index (χ1) is 13.6. The maximum atomic E-state index is 11.2. The maximum Gasteiger partial charge on any atom is 0.272 e. The van der Waals surface area contributed by atoms with Crippen molar-refractivity contribution >= 4 is 16.6 Å². The number of benzene rings is 2. The number of methoxy groups -OCH3 is 1. The van der Waals surface area contributed by atoms with Crippen molar-refractivity contribution in [3.05, 3.63) is 69.4 Å². The Morgan fingerprint density at radius 3 is 2.75 bits per heavy atom. The summed E-state index contributed by atoms with van der Waals surface area (Å²) >= 11 is 0. The highest BCUT2D eigenvalue weighted by atomic mass is 16.6. The number of nitrogens with one attached hydrogen (secondary N) is 1. The minimum absolute atomic E-state index is 0.208. The third-order valence-corrected chi connectivity index (χ3v) is 5.96. The number of rotatable bonds is 5. The molecule has 0 saturated carbocycles. The van der Waals surface area contributed by atoms with Crippen LogP contribution in [0.15, 0.2) is 42.6 Å². The third kappa shape index (κ3) is 3.47. The average molecular weight is 379 g/mol. The predicted octanol–water partition coefficient (Wildman–Crippen LogP) is 4.77. The van der Waals surface area contributed by atoms with Gasteiger partial charge < -0.3 is 9.72 Å². The van der Waals surface area contributed by atoms with Crippen LogP contribution >= 0.6 is 0 Å². The fourth-order valence-corrected chi connectivity index (χ4v) is 4.27. The molecule has 1 aliphatic rings. The number of hydrogen-bond acceptors (Lipinski definition) is 4. The molecule has 1 N–H and O–H groups in total. The van der Waals surface area contributed by atoms with E-state index in [0.717, 1.165) is 54.9 Å². The number of nitro groups is 1. The summed E-state index contributed by atoms with van der Waals surface area (Å²) in [6.07, 6.45) is 4.30. The minimum atomic E-state index is -0.295. The van der Waals surface area contributed by atoms with E-state index in [4.69, 9.17) is 4.74 Å². The van der Waals surface area contributed by atoms with Crippen LogP contribution in [0.3, 0.4) is 0 Å². The van der Waals surface area contributed by atoms with Gasteiger partial charge in [-0.05, 0) is 68.1 Å². The lowest BCUT2D eigenvalue weighted by molar-refractivity contribution is -0.385. The van der Waals surface area contributed by atoms with Crippen LogP contribution in [0, 0.1) is 17.0 Å². The normalized spacial score (nSPS) is 15.8. The fourth-order valence-electron chi connectivity index (χ4n) is 4.27. The van der Waals surface area contributed by atoms with Crippen LogP contribution in [-0.4, -0.2) is 35.0 Å². The van der Waals surface area contributed by atoms with Gasteiger partial charge in [-0.2, -0.15) is 0 Å². The molecule has 146 valence electrons. The Balaban J connectivity index is 1.46. The molecule has 1 saturated heterocycles. The van der Waals surface area contributed by atoms with Crippen LogP contribution in [0.25, 0.3) is 10.9 Å². The van der Waals surface area contributed by atoms with E-state index in [2.05, 4.69) is 28.2 Å². The molecule has 0 radical (unpaired) electrons. The van der Waals surface area contributed by atoms with Gasteiger partial charge >= 0.3 is 0 Å². The predicted molar refractivity (Wildman–Crippen MR) is 110 cm³/mol. The lowest BCUT2D eigenvalue weighted by Gasteiger charge is -2.32. The van der Waals surface area contributed by atoms with E-state index in [-0.39, 0.29) is 10.6 Å². The van der Waals surface area contributed by atoms with E-state index >= 15 is 0 Å². The molecule has 2 heterocycles. The molecule has 0 aliphatic carbocycles. The van der Waals surface area contributed by atoms with E-state index in [0.29, 0.717) is 5.92 Å². The highest BCUT2D eigenvalue weighted by Gasteiger charge is 2.24. The monoisotopic (exact) mass is 379 g/mol. The Kier molecular flexibility index (Phi) is 5.05. The first-order valence-corrected chi connectivity index (χ1v) is 9.67. The lowest BCUT2D eigenvalue weighted by Crippen LogP contribution is -2.32. The highest BCUT2D eigenvalue weighted by Crippen LogP contribution is 2.35. The van der Waals surface area contributed by atoms with Crippen molar-refractivity contribution in [3.8, 4) is 5.75 Å². The lowest BCUT2D eigenvalue weighted by atomic mass is 9.89. The van der Waals surface area contributed by atoms with E-state index in [1.807, 2.05) is 19.1 Å². The Bertz CT molecular complexity index is 1000. The van der Waals surface area contributed by atoms with Crippen molar-refractivity contribution in [1.29, 1.82) is 0 Å². The van der Waals surface area contributed by atoms with Crippen molar-refractivity contribution in [2.45, 2.75) is 32.2 Å². The molecule has 1 fully saturated rings. The van der Waals surface area contributed by atoms with Crippen LogP contribution in [0.4, 0.5) is 5.69 Å². The van der Waals surface area contributed by atoms with Crippen LogP contribution < -0.4 is 4.74 Å². The first-order valence-electron chi connectivity index (χ1n) is 9.67. The summed E-state index contributed by atoms with van der Waals surface area (Å²) in [6.45, 7) is 4.59. The zero-order valence-corrected chi connectivity index (χ0v) is 16.3. The summed E-state index contributed by atoms with van der Waals surface area (Å²) in [5, 5.41) is 12.4. The van der Waals surface area contributed by atoms with Crippen LogP contribution in [0.2, 0.25) is 0 Å². The second-order valence-corrected chi connectivity index (χ2v) is 7.52. The molecule has 28 heavy (non-hydrogen) atoms. The van der Waals surface area contributed by atoms with Crippen molar-refractivity contribution in [3.63, 3.8) is 0 Å². The Hall–Kier alpha value is -2.86. The van der Waals surface area contributed by atoms with Crippen molar-refractivity contribution < 1.29 is 9.66 Å². The Labute approximate surface area is 164 Å². The topological polar surface area (TPSA) is 71.4 Å². The molecule has 1 aliphatic heterocycles. The molecule has 4 rings (SSSR count). The molecule has 2 aromatic carbocycles. The van der Waals surface area contributed by atoms with Gasteiger partial charge in [-0.1, -0.05) is 12.1 Å². The largest absolute Gasteiger partial charge is 0.497 e. The number of hydrogen-bond donors (Lipinski definition) is 1. The molecule has 0 atom stereocenters. The summed E-state index contributed by atoms with van der Waals surface area (Å²) in [5.74, 6) is 1.40. The summed E-state index contributed by atoms with van der Waals surface area (Å²) in [7, 11) is 1.70. The van der Waals surface area contributed by atoms with Gasteiger partial charge in [0.25, 0.3) is 5.69 Å². The highest BCUT2D eigenvalue weighted by molar-refractivity contribution is 5.85. The number of aromatic nitrogens is 1. The van der Waals surface area contributed by atoms with Gasteiger partial charge in [0.1, 0.15) is 5.75 Å². The van der Waals surface area contributed by atoms with Crippen molar-refractivity contribution in [1.82, 2.24) is 9.88 Å². The summed E-state index contributed by atoms with van der Waals surface area (Å²) in [6, 6.07) is 11.5. The quantitative estimate of drug-likeness (QED) is 0.512. The van der Waals surface area contributed by atoms with Crippen molar-refractivity contribution in [2.75, 3.05) is 20.2 Å². The van der Waals surface area contributed by atoms with E-state index < -0.39 is 0 Å². The summed E-state index contributed by atoms with van der Waals surface area (Å²) in [5.41, 5.74) is 4.54. The molecule has 0 unspecified atom stereocenters. The molecular weight excluding hydrogens is 354 g/mol. The summed E-state index contributed by atoms with van der Waals surface area (Å²) in [4.78, 5) is 16.7. The zero-order valence-electron chi connectivity index (χ0n) is 16.3. The summed E-state index contributed by atoms with van der Waals surface area (Å²) < 4.78 is 5.39. The number of ether oxygens (including phenoxy) is 1. The number of fused-ring (bicyclic) bond motifs is 1. The van der Waals surface area contributed by atoms with Gasteiger partial charge in [0, 0.05) is 35.3 Å². The molecule has 0 bridgehead atoms. The van der Waals surface area contributed by atoms with E-state index in [1.165, 1.54) is 10.9 Å². The Morgan fingerprint density at radius 2 is 2.04 bits per heavy atom. The minimum Gasteiger partial charge on any atom is -0.497 e. The molecule has 6 nitrogen and oxygen atoms in total. The number of likely N-dealkylation sites (tertiary alicyclic amines) is 1. The van der Waals surface area contributed by atoms with Crippen LogP contribution in [-0.2, 0) is 6.54 Å². The third-order valence-electron chi connectivity index (χ3n) is 5.96. The zero-order chi connectivity index (χ0) is 19.7. The Morgan fingerprint density at radius 1 is 1.25 bits per heavy atom. The molecular formula is C22H25N3O3. The molecule has 0 spiro atoms. The second-order valence-electron chi connectivity index (χ2n) is 7.52. The molecule has 6 heteroatoms. The van der Waals surface area contributed by atoms with Crippen molar-refractivity contribution in [2.24, 2.45) is 0 Å². The number of aromatic amines is 1. The van der Waals surface area contributed by atoms with Gasteiger partial charge in [0.15, 0.2) is 0 Å². The van der Waals surface area contributed by atoms with Gasteiger partial charge in [-0.15, -0.1) is 0 Å². The standard InChI is InChI=1S/C22H25N3O3/c1-15-17(4-3-5-22(15)25(26)27)14-24-10-8-16(9-11-24)20-13-23-21-7-6-18(28-2)12-19(20)21/h3-7,12-13,16,23H,8-11,14H2,1-2H3. The maximum absolute atomic E-state index is 11.2. The number of piperidine rings is 1. The molecule has 3 aromatic rings. The molecule has 0 amide bonds. The van der Waals surface area contributed by atoms with Crippen LogP contribution in [0.5, 0.6) is 5.75 Å². The van der Waals surface area contributed by atoms with Gasteiger partial charge in [0.05, 0.1) is 12.0 Å². The van der Waals surface area contributed by atoms with Crippen LogP contribution in [0.1, 0.15) is 35.4 Å². The second kappa shape index (κ2) is 7.64. The van der Waals surface area contributed by atoms with Gasteiger partial charge in [-0.25, -0.2) is 0 Å². The van der Waals surface area contributed by atoms with E-state index in [9.17, 15) is 10.1 Å². The average Bonchev–Trinajstić information content (AvgIpc) is 3.13. The molecule has 1 aromatic heterocycles. The first kappa shape index (κ1) is 18.5. The van der Waals surface area contributed by atoms with Gasteiger partial charge in [0.2, 0.25) is 0 Å².